The maximum absolute atomic E-state index is 13.8. The Morgan fingerprint density at radius 3 is 2.66 bits per heavy atom. The van der Waals surface area contributed by atoms with E-state index in [-0.39, 0.29) is 36.6 Å². The minimum Gasteiger partial charge on any atom is -0.479 e. The van der Waals surface area contributed by atoms with Crippen LogP contribution in [-0.2, 0) is 15.1 Å². The molecule has 0 spiro atoms. The van der Waals surface area contributed by atoms with Crippen molar-refractivity contribution in [1.82, 2.24) is 20.4 Å². The summed E-state index contributed by atoms with van der Waals surface area (Å²) in [5.74, 6) is -0.256. The molecule has 4 heterocycles. The van der Waals surface area contributed by atoms with E-state index in [1.807, 2.05) is 50.5 Å². The van der Waals surface area contributed by atoms with Crippen LogP contribution < -0.4 is 10.1 Å². The second-order valence-corrected chi connectivity index (χ2v) is 11.1. The zero-order chi connectivity index (χ0) is 27.2. The summed E-state index contributed by atoms with van der Waals surface area (Å²) in [6.07, 6.45) is -0.468. The Balaban J connectivity index is 1.39. The van der Waals surface area contributed by atoms with E-state index in [1.165, 1.54) is 7.11 Å². The number of benzene rings is 1. The van der Waals surface area contributed by atoms with Gasteiger partial charge in [0.15, 0.2) is 5.76 Å². The maximum atomic E-state index is 13.8. The lowest BCUT2D eigenvalue weighted by Crippen LogP contribution is -2.51. The normalized spacial score (nSPS) is 24.0. The van der Waals surface area contributed by atoms with Crippen LogP contribution in [0.3, 0.4) is 0 Å². The van der Waals surface area contributed by atoms with E-state index >= 15 is 0 Å². The van der Waals surface area contributed by atoms with Crippen LogP contribution >= 0.6 is 11.3 Å². The molecule has 2 amide bonds. The first kappa shape index (κ1) is 26.1. The largest absolute Gasteiger partial charge is 0.479 e. The number of aliphatic hydroxyl groups excluding tert-OH is 1. The molecule has 2 aliphatic rings. The third kappa shape index (κ3) is 4.49. The summed E-state index contributed by atoms with van der Waals surface area (Å²) in [6.45, 7) is 7.72. The van der Waals surface area contributed by atoms with Gasteiger partial charge >= 0.3 is 0 Å². The van der Waals surface area contributed by atoms with Gasteiger partial charge in [-0.05, 0) is 36.0 Å². The second-order valence-electron chi connectivity index (χ2n) is 10.3. The summed E-state index contributed by atoms with van der Waals surface area (Å²) >= 11 is 1.57. The lowest BCUT2D eigenvalue weighted by Gasteiger charge is -2.31. The quantitative estimate of drug-likeness (QED) is 0.470. The molecule has 1 fully saturated rings. The monoisotopic (exact) mass is 537 g/mol. The first-order valence-corrected chi connectivity index (χ1v) is 13.4. The lowest BCUT2D eigenvalue weighted by atomic mass is 9.90. The summed E-state index contributed by atoms with van der Waals surface area (Å²) in [5, 5.41) is 17.7. The van der Waals surface area contributed by atoms with E-state index in [2.05, 4.69) is 20.4 Å². The van der Waals surface area contributed by atoms with Gasteiger partial charge < -0.3 is 24.6 Å². The number of ether oxygens (including phenoxy) is 1. The van der Waals surface area contributed by atoms with Crippen LogP contribution in [0.25, 0.3) is 10.4 Å². The lowest BCUT2D eigenvalue weighted by molar-refractivity contribution is -0.134. The Morgan fingerprint density at radius 1 is 1.32 bits per heavy atom. The van der Waals surface area contributed by atoms with Crippen LogP contribution in [0.15, 0.2) is 45.4 Å². The number of nitrogens with one attached hydrogen (secondary N) is 1. The highest BCUT2D eigenvalue weighted by Gasteiger charge is 2.48. The third-order valence-electron chi connectivity index (χ3n) is 7.33. The molecule has 4 atom stereocenters. The summed E-state index contributed by atoms with van der Waals surface area (Å²) < 4.78 is 10.5. The smallest absolute Gasteiger partial charge is 0.277 e. The topological polar surface area (TPSA) is 130 Å². The molecule has 10 nitrogen and oxygen atoms in total. The maximum Gasteiger partial charge on any atom is 0.277 e. The van der Waals surface area contributed by atoms with Crippen LogP contribution in [0.1, 0.15) is 50.1 Å². The number of hydrogen-bond acceptors (Lipinski definition) is 9. The van der Waals surface area contributed by atoms with Crippen molar-refractivity contribution in [3.8, 4) is 16.3 Å². The van der Waals surface area contributed by atoms with Gasteiger partial charge in [-0.3, -0.25) is 9.59 Å². The van der Waals surface area contributed by atoms with Crippen molar-refractivity contribution in [3.05, 3.63) is 52.9 Å². The van der Waals surface area contributed by atoms with E-state index in [1.54, 1.807) is 29.2 Å². The minimum atomic E-state index is -1.09. The highest BCUT2D eigenvalue weighted by Crippen LogP contribution is 2.35. The number of β-amino-alcohol motifs (C(OH)–C–C–N with tert-alkyl or cyclic N) is 1. The number of hydrogen-bond donors (Lipinski definition) is 2. The fourth-order valence-electron chi connectivity index (χ4n) is 5.19. The average Bonchev–Trinajstić information content (AvgIpc) is 3.67. The van der Waals surface area contributed by atoms with Gasteiger partial charge in [0, 0.05) is 19.0 Å². The van der Waals surface area contributed by atoms with Crippen molar-refractivity contribution in [2.75, 3.05) is 13.7 Å². The fraction of sp³-hybridized carbons (Fsp3) is 0.444. The Kier molecular flexibility index (Phi) is 6.83. The number of rotatable bonds is 7. The number of amides is 2. The van der Waals surface area contributed by atoms with Crippen molar-refractivity contribution in [3.63, 3.8) is 0 Å². The fourth-order valence-corrected chi connectivity index (χ4v) is 6.00. The number of thiazole rings is 1. The highest BCUT2D eigenvalue weighted by atomic mass is 32.1. The number of carbonyl (C=O) groups is 2. The summed E-state index contributed by atoms with van der Waals surface area (Å²) in [5.41, 5.74) is 3.48. The molecule has 0 radical (unpaired) electrons. The van der Waals surface area contributed by atoms with Crippen molar-refractivity contribution in [1.29, 1.82) is 0 Å². The molecule has 11 heteroatoms. The molecular formula is C27H31N5O5S. The first-order valence-electron chi connectivity index (χ1n) is 12.5. The van der Waals surface area contributed by atoms with Crippen molar-refractivity contribution in [2.45, 2.75) is 57.7 Å². The van der Waals surface area contributed by atoms with Crippen molar-refractivity contribution < 1.29 is 24.0 Å². The van der Waals surface area contributed by atoms with Crippen LogP contribution in [0.2, 0.25) is 0 Å². The second kappa shape index (κ2) is 9.95. The van der Waals surface area contributed by atoms with Gasteiger partial charge in [0.2, 0.25) is 5.91 Å². The van der Waals surface area contributed by atoms with Gasteiger partial charge in [-0.1, -0.05) is 38.1 Å². The van der Waals surface area contributed by atoms with Gasteiger partial charge in [0.05, 0.1) is 35.3 Å². The Labute approximate surface area is 224 Å². The van der Waals surface area contributed by atoms with Crippen LogP contribution in [0, 0.1) is 12.8 Å². The van der Waals surface area contributed by atoms with Gasteiger partial charge in [-0.15, -0.1) is 11.3 Å². The SMILES string of the molecule is COc1cc([C@@H](C(=O)N2C[C@H](O)C[C@H]2C2=NC(=O)[C@@](C)(c3ccc(-c4scnc4C)cc3)N2)C(C)C)on1. The number of likely N-dealkylation sites (tertiary alicyclic amines) is 1. The molecule has 2 aliphatic heterocycles. The first-order chi connectivity index (χ1) is 18.1. The molecule has 5 rings (SSSR count). The molecule has 2 aromatic heterocycles. The zero-order valence-electron chi connectivity index (χ0n) is 22.0. The highest BCUT2D eigenvalue weighted by molar-refractivity contribution is 7.13. The molecule has 0 unspecified atom stereocenters. The van der Waals surface area contributed by atoms with Crippen molar-refractivity contribution >= 4 is 29.0 Å². The number of aromatic nitrogens is 2. The Morgan fingerprint density at radius 2 is 2.05 bits per heavy atom. The van der Waals surface area contributed by atoms with Gasteiger partial charge in [-0.2, -0.15) is 4.99 Å². The summed E-state index contributed by atoms with van der Waals surface area (Å²) in [6, 6.07) is 8.80. The molecule has 0 bridgehead atoms. The molecule has 0 aliphatic carbocycles. The predicted octanol–water partition coefficient (Wildman–Crippen LogP) is 3.26. The number of carbonyl (C=O) groups excluding carboxylic acids is 2. The third-order valence-corrected chi connectivity index (χ3v) is 8.31. The van der Waals surface area contributed by atoms with Crippen LogP contribution in [0.4, 0.5) is 0 Å². The Hall–Kier alpha value is -3.57. The molecule has 3 aromatic rings. The summed E-state index contributed by atoms with van der Waals surface area (Å²) in [7, 11) is 1.48. The summed E-state index contributed by atoms with van der Waals surface area (Å²) in [4.78, 5) is 38.4. The van der Waals surface area contributed by atoms with E-state index in [4.69, 9.17) is 9.26 Å². The number of aliphatic hydroxyl groups is 1. The van der Waals surface area contributed by atoms with Gasteiger partial charge in [0.25, 0.3) is 11.8 Å². The molecule has 0 saturated carbocycles. The molecule has 38 heavy (non-hydrogen) atoms. The average molecular weight is 538 g/mol. The van der Waals surface area contributed by atoms with E-state index in [0.29, 0.717) is 11.6 Å². The number of aliphatic imine (C=N–C) groups is 1. The van der Waals surface area contributed by atoms with Gasteiger partial charge in [0.1, 0.15) is 17.3 Å². The van der Waals surface area contributed by atoms with Crippen LogP contribution in [-0.4, -0.2) is 63.6 Å². The van der Waals surface area contributed by atoms with Crippen molar-refractivity contribution in [2.24, 2.45) is 10.9 Å². The molecule has 200 valence electrons. The number of nitrogens with zero attached hydrogens (tertiary/aromatic N) is 4. The molecule has 1 saturated heterocycles. The predicted molar refractivity (Wildman–Crippen MR) is 142 cm³/mol. The molecule has 1 aromatic carbocycles. The molecular weight excluding hydrogens is 506 g/mol. The number of aryl methyl sites for hydroxylation is 1. The van der Waals surface area contributed by atoms with Crippen LogP contribution in [0.5, 0.6) is 5.88 Å². The standard InChI is InChI=1S/C27H31N5O5S/c1-14(2)22(20-11-21(36-5)31-37-20)25(34)32-12-18(33)10-19(32)24-29-26(35)27(4,30-24)17-8-6-16(7-9-17)23-15(3)28-13-38-23/h6-9,11,13-14,18-19,22,33H,10,12H2,1-5H3,(H,29,30,35)/t18-,19+,22+,27-/m1/s1. The zero-order valence-corrected chi connectivity index (χ0v) is 22.8. The number of methoxy groups -OCH3 is 1. The van der Waals surface area contributed by atoms with E-state index < -0.39 is 23.6 Å². The van der Waals surface area contributed by atoms with Gasteiger partial charge in [-0.25, -0.2) is 4.98 Å². The van der Waals surface area contributed by atoms with E-state index in [9.17, 15) is 14.7 Å². The minimum absolute atomic E-state index is 0.107. The molecule has 2 N–H and O–H groups in total. The Bertz CT molecular complexity index is 1380. The van der Waals surface area contributed by atoms with E-state index in [0.717, 1.165) is 21.7 Å². The number of amidine groups is 1.